The topological polar surface area (TPSA) is 23.6 Å². The number of aryl methyl sites for hydroxylation is 1. The molecule has 3 nitrogen and oxygen atoms in total. The quantitative estimate of drug-likeness (QED) is 0.633. The van der Waals surface area contributed by atoms with Crippen LogP contribution in [0.15, 0.2) is 54.6 Å². The molecule has 0 N–H and O–H groups in total. The van der Waals surface area contributed by atoms with Crippen molar-refractivity contribution in [2.24, 2.45) is 5.92 Å². The van der Waals surface area contributed by atoms with Gasteiger partial charge >= 0.3 is 12.1 Å². The summed E-state index contributed by atoms with van der Waals surface area (Å²) < 4.78 is 40.0. The Morgan fingerprint density at radius 3 is 2.29 bits per heavy atom. The Kier molecular flexibility index (Phi) is 6.37. The Morgan fingerprint density at radius 2 is 1.68 bits per heavy atom. The number of halogens is 3. The molecule has 0 aromatic heterocycles. The molecule has 1 heterocycles. The molecule has 2 aromatic rings. The van der Waals surface area contributed by atoms with Crippen LogP contribution in [0, 0.1) is 12.8 Å². The van der Waals surface area contributed by atoms with Gasteiger partial charge in [0.1, 0.15) is 0 Å². The van der Waals surface area contributed by atoms with Crippen LogP contribution in [0.4, 0.5) is 13.2 Å². The van der Waals surface area contributed by atoms with Gasteiger partial charge in [0.05, 0.1) is 0 Å². The predicted molar refractivity (Wildman–Crippen MR) is 115 cm³/mol. The van der Waals surface area contributed by atoms with Crippen LogP contribution in [0.2, 0.25) is 0 Å². The number of amides is 1. The molecule has 2 fully saturated rings. The van der Waals surface area contributed by atoms with E-state index in [0.717, 1.165) is 48.5 Å². The number of piperidine rings is 1. The number of hydrogen-bond acceptors (Lipinski definition) is 2. The van der Waals surface area contributed by atoms with E-state index in [2.05, 4.69) is 17.0 Å². The van der Waals surface area contributed by atoms with E-state index >= 15 is 0 Å². The predicted octanol–water partition coefficient (Wildman–Crippen LogP) is 5.15. The molecule has 6 heteroatoms. The van der Waals surface area contributed by atoms with Crippen LogP contribution in [0.1, 0.15) is 41.9 Å². The molecule has 1 saturated carbocycles. The molecule has 1 aliphatic heterocycles. The number of benzene rings is 2. The fourth-order valence-electron chi connectivity index (χ4n) is 4.68. The van der Waals surface area contributed by atoms with Crippen LogP contribution in [0.3, 0.4) is 0 Å². The Hall–Kier alpha value is -2.34. The lowest BCUT2D eigenvalue weighted by atomic mass is 9.95. The highest BCUT2D eigenvalue weighted by atomic mass is 19.4. The SMILES string of the molecule is Cc1ccc(C2CC2N(CC2CCN(Cc3ccccc3)CC2)C(=O)C(F)(F)F)cc1. The van der Waals surface area contributed by atoms with Gasteiger partial charge in [-0.3, -0.25) is 9.69 Å². The number of rotatable bonds is 6. The number of carbonyl (C=O) groups is 1. The van der Waals surface area contributed by atoms with Gasteiger partial charge in [0.15, 0.2) is 0 Å². The summed E-state index contributed by atoms with van der Waals surface area (Å²) in [4.78, 5) is 15.7. The molecule has 0 radical (unpaired) electrons. The van der Waals surface area contributed by atoms with Gasteiger partial charge in [0.25, 0.3) is 0 Å². The molecule has 1 amide bonds. The van der Waals surface area contributed by atoms with Crippen molar-refractivity contribution in [1.29, 1.82) is 0 Å². The third-order valence-electron chi connectivity index (χ3n) is 6.58. The van der Waals surface area contributed by atoms with Gasteiger partial charge in [-0.1, -0.05) is 60.2 Å². The second kappa shape index (κ2) is 9.03. The summed E-state index contributed by atoms with van der Waals surface area (Å²) in [6.45, 7) is 4.73. The van der Waals surface area contributed by atoms with E-state index in [1.165, 1.54) is 5.56 Å². The second-order valence-electron chi connectivity index (χ2n) is 8.98. The molecule has 2 atom stereocenters. The summed E-state index contributed by atoms with van der Waals surface area (Å²) in [6.07, 6.45) is -2.58. The minimum Gasteiger partial charge on any atom is -0.331 e. The van der Waals surface area contributed by atoms with Gasteiger partial charge in [-0.05, 0) is 56.3 Å². The van der Waals surface area contributed by atoms with Crippen molar-refractivity contribution in [1.82, 2.24) is 9.80 Å². The molecule has 1 saturated heterocycles. The summed E-state index contributed by atoms with van der Waals surface area (Å²) in [7, 11) is 0. The third kappa shape index (κ3) is 5.48. The zero-order valence-electron chi connectivity index (χ0n) is 17.8. The average molecular weight is 431 g/mol. The van der Waals surface area contributed by atoms with Crippen molar-refractivity contribution in [3.63, 3.8) is 0 Å². The Labute approximate surface area is 181 Å². The summed E-state index contributed by atoms with van der Waals surface area (Å²) in [6, 6.07) is 17.7. The molecule has 2 unspecified atom stereocenters. The maximum Gasteiger partial charge on any atom is 0.471 e. The smallest absolute Gasteiger partial charge is 0.331 e. The highest BCUT2D eigenvalue weighted by molar-refractivity contribution is 5.82. The van der Waals surface area contributed by atoms with Crippen LogP contribution in [0.5, 0.6) is 0 Å². The maximum atomic E-state index is 13.3. The van der Waals surface area contributed by atoms with Gasteiger partial charge < -0.3 is 4.90 Å². The molecular formula is C25H29F3N2O. The van der Waals surface area contributed by atoms with Gasteiger partial charge in [-0.2, -0.15) is 13.2 Å². The summed E-state index contributed by atoms with van der Waals surface area (Å²) in [5.74, 6) is -1.57. The normalized spacial score (nSPS) is 22.3. The lowest BCUT2D eigenvalue weighted by Gasteiger charge is -2.35. The molecule has 166 valence electrons. The number of alkyl halides is 3. The molecule has 1 aliphatic carbocycles. The Bertz CT molecular complexity index is 874. The number of hydrogen-bond donors (Lipinski definition) is 0. The standard InChI is InChI=1S/C25H29F3N2O/c1-18-7-9-21(10-8-18)22-15-23(22)30(24(31)25(26,27)28)17-20-11-13-29(14-12-20)16-19-5-3-2-4-6-19/h2-10,20,22-23H,11-17H2,1H3. The van der Waals surface area contributed by atoms with Crippen molar-refractivity contribution in [3.05, 3.63) is 71.3 Å². The van der Waals surface area contributed by atoms with Crippen molar-refractivity contribution in [2.75, 3.05) is 19.6 Å². The van der Waals surface area contributed by atoms with Crippen molar-refractivity contribution >= 4 is 5.91 Å². The summed E-state index contributed by atoms with van der Waals surface area (Å²) in [5.41, 5.74) is 3.38. The van der Waals surface area contributed by atoms with E-state index in [1.807, 2.05) is 49.4 Å². The molecule has 2 aromatic carbocycles. The van der Waals surface area contributed by atoms with Crippen LogP contribution in [-0.2, 0) is 11.3 Å². The highest BCUT2D eigenvalue weighted by Gasteiger charge is 2.52. The first-order valence-corrected chi connectivity index (χ1v) is 11.0. The lowest BCUT2D eigenvalue weighted by Crippen LogP contribution is -2.47. The third-order valence-corrected chi connectivity index (χ3v) is 6.58. The largest absolute Gasteiger partial charge is 0.471 e. The molecular weight excluding hydrogens is 401 g/mol. The van der Waals surface area contributed by atoms with Crippen LogP contribution < -0.4 is 0 Å². The first kappa shape index (κ1) is 21.9. The maximum absolute atomic E-state index is 13.3. The van der Waals surface area contributed by atoms with E-state index in [1.54, 1.807) is 0 Å². The van der Waals surface area contributed by atoms with Gasteiger partial charge in [0, 0.05) is 25.0 Å². The minimum atomic E-state index is -4.82. The summed E-state index contributed by atoms with van der Waals surface area (Å²) >= 11 is 0. The van der Waals surface area contributed by atoms with E-state index in [9.17, 15) is 18.0 Å². The fourth-order valence-corrected chi connectivity index (χ4v) is 4.68. The molecule has 2 aliphatic rings. The van der Waals surface area contributed by atoms with Gasteiger partial charge in [0.2, 0.25) is 0 Å². The van der Waals surface area contributed by atoms with Crippen LogP contribution in [0.25, 0.3) is 0 Å². The number of likely N-dealkylation sites (tertiary alicyclic amines) is 1. The first-order chi connectivity index (χ1) is 14.8. The van der Waals surface area contributed by atoms with Crippen molar-refractivity contribution in [3.8, 4) is 0 Å². The van der Waals surface area contributed by atoms with Crippen LogP contribution in [-0.4, -0.2) is 47.6 Å². The first-order valence-electron chi connectivity index (χ1n) is 11.0. The highest BCUT2D eigenvalue weighted by Crippen LogP contribution is 2.46. The number of nitrogens with zero attached hydrogens (tertiary/aromatic N) is 2. The molecule has 0 spiro atoms. The Balaban J connectivity index is 1.37. The minimum absolute atomic E-state index is 0.00469. The van der Waals surface area contributed by atoms with Crippen LogP contribution >= 0.6 is 0 Å². The van der Waals surface area contributed by atoms with Gasteiger partial charge in [-0.25, -0.2) is 0 Å². The monoisotopic (exact) mass is 430 g/mol. The Morgan fingerprint density at radius 1 is 1.03 bits per heavy atom. The second-order valence-corrected chi connectivity index (χ2v) is 8.98. The van der Waals surface area contributed by atoms with E-state index in [-0.39, 0.29) is 24.4 Å². The van der Waals surface area contributed by atoms with Gasteiger partial charge in [-0.15, -0.1) is 0 Å². The zero-order chi connectivity index (χ0) is 22.0. The number of carbonyl (C=O) groups excluding carboxylic acids is 1. The fraction of sp³-hybridized carbons (Fsp3) is 0.480. The van der Waals surface area contributed by atoms with E-state index in [0.29, 0.717) is 6.42 Å². The summed E-state index contributed by atoms with van der Waals surface area (Å²) in [5, 5.41) is 0. The lowest BCUT2D eigenvalue weighted by molar-refractivity contribution is -0.187. The van der Waals surface area contributed by atoms with E-state index < -0.39 is 12.1 Å². The van der Waals surface area contributed by atoms with E-state index in [4.69, 9.17) is 0 Å². The van der Waals surface area contributed by atoms with Crippen molar-refractivity contribution in [2.45, 2.75) is 50.9 Å². The molecule has 4 rings (SSSR count). The molecule has 31 heavy (non-hydrogen) atoms. The zero-order valence-corrected chi connectivity index (χ0v) is 17.8. The average Bonchev–Trinajstić information content (AvgIpc) is 3.54. The molecule has 0 bridgehead atoms. The van der Waals surface area contributed by atoms with Crippen molar-refractivity contribution < 1.29 is 18.0 Å².